The summed E-state index contributed by atoms with van der Waals surface area (Å²) < 4.78 is 31.4. The molecule has 0 bridgehead atoms. The van der Waals surface area contributed by atoms with Crippen LogP contribution in [0.5, 0.6) is 0 Å². The number of sulfone groups is 1. The maximum Gasteiger partial charge on any atom is 0.257 e. The molecule has 0 unspecified atom stereocenters. The van der Waals surface area contributed by atoms with Crippen LogP contribution in [0, 0.1) is 6.92 Å². The van der Waals surface area contributed by atoms with Crippen LogP contribution in [0.3, 0.4) is 0 Å². The van der Waals surface area contributed by atoms with Crippen molar-refractivity contribution in [2.75, 3.05) is 11.6 Å². The van der Waals surface area contributed by atoms with Gasteiger partial charge < -0.3 is 14.3 Å². The fraction of sp³-hybridized carbons (Fsp3) is 0.115. The van der Waals surface area contributed by atoms with Gasteiger partial charge in [0.2, 0.25) is 0 Å². The molecule has 2 heterocycles. The van der Waals surface area contributed by atoms with Gasteiger partial charge in [-0.25, -0.2) is 8.42 Å². The van der Waals surface area contributed by atoms with Crippen molar-refractivity contribution >= 4 is 43.4 Å². The summed E-state index contributed by atoms with van der Waals surface area (Å²) >= 11 is 0. The van der Waals surface area contributed by atoms with Crippen molar-refractivity contribution in [2.45, 2.75) is 11.8 Å². The molecular formula is C26H22N2O4S. The highest BCUT2D eigenvalue weighted by Gasteiger charge is 2.21. The number of anilines is 1. The van der Waals surface area contributed by atoms with Crippen molar-refractivity contribution in [1.82, 2.24) is 4.57 Å². The summed E-state index contributed by atoms with van der Waals surface area (Å²) in [6.45, 7) is 1.92. The largest absolute Gasteiger partial charge is 0.455 e. The first-order chi connectivity index (χ1) is 15.7. The van der Waals surface area contributed by atoms with Crippen molar-refractivity contribution in [1.29, 1.82) is 0 Å². The minimum atomic E-state index is -3.29. The topological polar surface area (TPSA) is 81.3 Å². The molecule has 1 amide bonds. The average Bonchev–Trinajstić information content (AvgIpc) is 3.30. The Morgan fingerprint density at radius 3 is 2.36 bits per heavy atom. The second-order valence-electron chi connectivity index (χ2n) is 8.16. The number of aryl methyl sites for hydroxylation is 1. The van der Waals surface area contributed by atoms with Crippen LogP contribution < -0.4 is 5.32 Å². The Balaban J connectivity index is 1.53. The number of fused-ring (bicyclic) bond motifs is 3. The summed E-state index contributed by atoms with van der Waals surface area (Å²) in [5.74, 6) is -0.266. The highest BCUT2D eigenvalue weighted by atomic mass is 32.2. The molecule has 0 atom stereocenters. The van der Waals surface area contributed by atoms with Crippen LogP contribution in [0.2, 0.25) is 0 Å². The molecule has 0 spiro atoms. The van der Waals surface area contributed by atoms with Gasteiger partial charge in [-0.2, -0.15) is 0 Å². The normalized spacial score (nSPS) is 11.8. The van der Waals surface area contributed by atoms with Gasteiger partial charge in [-0.15, -0.1) is 0 Å². The van der Waals surface area contributed by atoms with Crippen LogP contribution >= 0.6 is 0 Å². The lowest BCUT2D eigenvalue weighted by atomic mass is 10.0. The molecule has 0 aliphatic carbocycles. The first kappa shape index (κ1) is 21.0. The maximum atomic E-state index is 13.1. The monoisotopic (exact) mass is 458 g/mol. The highest BCUT2D eigenvalue weighted by molar-refractivity contribution is 7.90. The standard InChI is InChI=1S/C26H22N2O4S/c1-16-22(26(29)27-17-11-13-18(14-12-17)33(3,30)31)15-28(2)24(16)21-9-6-8-20-19-7-4-5-10-23(19)32-25(20)21/h4-15H,1-3H3,(H,27,29). The van der Waals surface area contributed by atoms with Gasteiger partial charge in [0, 0.05) is 41.5 Å². The van der Waals surface area contributed by atoms with Crippen molar-refractivity contribution in [3.8, 4) is 11.3 Å². The highest BCUT2D eigenvalue weighted by Crippen LogP contribution is 2.37. The van der Waals surface area contributed by atoms with Gasteiger partial charge in [-0.05, 0) is 48.9 Å². The number of hydrogen-bond acceptors (Lipinski definition) is 4. The Bertz CT molecular complexity index is 1640. The van der Waals surface area contributed by atoms with Crippen LogP contribution in [-0.4, -0.2) is 25.1 Å². The molecule has 33 heavy (non-hydrogen) atoms. The lowest BCUT2D eigenvalue weighted by molar-refractivity contribution is 0.102. The number of furan rings is 1. The molecule has 0 radical (unpaired) electrons. The Morgan fingerprint density at radius 1 is 0.939 bits per heavy atom. The second-order valence-corrected chi connectivity index (χ2v) is 10.2. The Morgan fingerprint density at radius 2 is 1.64 bits per heavy atom. The van der Waals surface area contributed by atoms with E-state index in [0.717, 1.165) is 45.0 Å². The van der Waals surface area contributed by atoms with E-state index < -0.39 is 9.84 Å². The molecule has 5 aromatic rings. The van der Waals surface area contributed by atoms with Gasteiger partial charge in [0.15, 0.2) is 9.84 Å². The summed E-state index contributed by atoms with van der Waals surface area (Å²) in [5.41, 5.74) is 5.31. The molecule has 0 fully saturated rings. The summed E-state index contributed by atoms with van der Waals surface area (Å²) in [6, 6.07) is 20.1. The maximum absolute atomic E-state index is 13.1. The second kappa shape index (κ2) is 7.64. The van der Waals surface area contributed by atoms with Gasteiger partial charge in [-0.1, -0.05) is 30.3 Å². The van der Waals surface area contributed by atoms with Crippen molar-refractivity contribution < 1.29 is 17.6 Å². The number of rotatable bonds is 4. The summed E-state index contributed by atoms with van der Waals surface area (Å²) in [7, 11) is -1.39. The van der Waals surface area contributed by atoms with E-state index in [0.29, 0.717) is 11.3 Å². The van der Waals surface area contributed by atoms with Gasteiger partial charge in [-0.3, -0.25) is 4.79 Å². The molecular weight excluding hydrogens is 436 g/mol. The fourth-order valence-electron chi connectivity index (χ4n) is 4.29. The molecule has 0 aliphatic rings. The minimum Gasteiger partial charge on any atom is -0.455 e. The van der Waals surface area contributed by atoms with E-state index in [1.54, 1.807) is 18.3 Å². The van der Waals surface area contributed by atoms with Crippen molar-refractivity contribution in [3.05, 3.63) is 84.1 Å². The zero-order valence-electron chi connectivity index (χ0n) is 18.4. The van der Waals surface area contributed by atoms with E-state index in [2.05, 4.69) is 5.32 Å². The number of amides is 1. The first-order valence-electron chi connectivity index (χ1n) is 10.4. The summed E-state index contributed by atoms with van der Waals surface area (Å²) in [4.78, 5) is 13.3. The van der Waals surface area contributed by atoms with Crippen LogP contribution in [-0.2, 0) is 16.9 Å². The molecule has 0 aliphatic heterocycles. The van der Waals surface area contributed by atoms with Crippen LogP contribution in [0.4, 0.5) is 5.69 Å². The number of aromatic nitrogens is 1. The van der Waals surface area contributed by atoms with E-state index in [1.807, 2.05) is 61.0 Å². The molecule has 7 heteroatoms. The number of benzene rings is 3. The van der Waals surface area contributed by atoms with E-state index in [-0.39, 0.29) is 10.8 Å². The zero-order chi connectivity index (χ0) is 23.3. The minimum absolute atomic E-state index is 0.206. The zero-order valence-corrected chi connectivity index (χ0v) is 19.2. The summed E-state index contributed by atoms with van der Waals surface area (Å²) in [5, 5.41) is 4.94. The molecule has 0 saturated heterocycles. The predicted octanol–water partition coefficient (Wildman–Crippen LogP) is 5.56. The first-order valence-corrected chi connectivity index (χ1v) is 12.3. The third-order valence-electron chi connectivity index (χ3n) is 5.88. The molecule has 1 N–H and O–H groups in total. The van der Waals surface area contributed by atoms with Gasteiger partial charge in [0.25, 0.3) is 5.91 Å². The quantitative estimate of drug-likeness (QED) is 0.383. The Labute approximate surface area is 191 Å². The fourth-order valence-corrected chi connectivity index (χ4v) is 4.92. The average molecular weight is 459 g/mol. The van der Waals surface area contributed by atoms with E-state index in [1.165, 1.54) is 12.1 Å². The van der Waals surface area contributed by atoms with E-state index in [9.17, 15) is 13.2 Å². The van der Waals surface area contributed by atoms with Gasteiger partial charge in [0.05, 0.1) is 16.2 Å². The molecule has 6 nitrogen and oxygen atoms in total. The van der Waals surface area contributed by atoms with E-state index >= 15 is 0 Å². The van der Waals surface area contributed by atoms with Crippen LogP contribution in [0.25, 0.3) is 33.2 Å². The van der Waals surface area contributed by atoms with Gasteiger partial charge >= 0.3 is 0 Å². The molecule has 0 saturated carbocycles. The predicted molar refractivity (Wildman–Crippen MR) is 130 cm³/mol. The van der Waals surface area contributed by atoms with E-state index in [4.69, 9.17) is 4.42 Å². The SMILES string of the molecule is Cc1c(C(=O)Nc2ccc(S(C)(=O)=O)cc2)cn(C)c1-c1cccc2c1oc1ccccc12. The van der Waals surface area contributed by atoms with Crippen molar-refractivity contribution in [3.63, 3.8) is 0 Å². The molecule has 3 aromatic carbocycles. The lowest BCUT2D eigenvalue weighted by Crippen LogP contribution is -2.12. The van der Waals surface area contributed by atoms with Crippen LogP contribution in [0.15, 0.2) is 82.2 Å². The smallest absolute Gasteiger partial charge is 0.257 e. The van der Waals surface area contributed by atoms with Crippen molar-refractivity contribution in [2.24, 2.45) is 7.05 Å². The Kier molecular flexibility index (Phi) is 4.87. The molecule has 5 rings (SSSR count). The molecule has 166 valence electrons. The Hall–Kier alpha value is -3.84. The summed E-state index contributed by atoms with van der Waals surface area (Å²) in [6.07, 6.45) is 2.95. The molecule has 2 aromatic heterocycles. The number of carbonyl (C=O) groups is 1. The third kappa shape index (κ3) is 3.60. The van der Waals surface area contributed by atoms with Gasteiger partial charge in [0.1, 0.15) is 11.2 Å². The number of hydrogen-bond donors (Lipinski definition) is 1. The van der Waals surface area contributed by atoms with Crippen LogP contribution in [0.1, 0.15) is 15.9 Å². The number of para-hydroxylation sites is 2. The number of nitrogens with one attached hydrogen (secondary N) is 1. The number of nitrogens with zero attached hydrogens (tertiary/aromatic N) is 1. The lowest BCUT2D eigenvalue weighted by Gasteiger charge is -2.07. The number of carbonyl (C=O) groups excluding carboxylic acids is 1. The third-order valence-corrected chi connectivity index (χ3v) is 7.01.